The van der Waals surface area contributed by atoms with Gasteiger partial charge >= 0.3 is 0 Å². The summed E-state index contributed by atoms with van der Waals surface area (Å²) in [4.78, 5) is 18.8. The Labute approximate surface area is 131 Å². The highest BCUT2D eigenvalue weighted by atomic mass is 32.1. The lowest BCUT2D eigenvalue weighted by Gasteiger charge is -2.18. The Bertz CT molecular complexity index is 738. The molecule has 3 aromatic rings. The van der Waals surface area contributed by atoms with E-state index in [0.717, 1.165) is 11.3 Å². The first-order chi connectivity index (χ1) is 10.7. The normalized spacial score (nSPS) is 12.0. The fourth-order valence-corrected chi connectivity index (χ4v) is 2.87. The fourth-order valence-electron chi connectivity index (χ4n) is 2.16. The van der Waals surface area contributed by atoms with Gasteiger partial charge in [-0.1, -0.05) is 30.3 Å². The number of carbonyl (C=O) groups excluding carboxylic acids is 1. The van der Waals surface area contributed by atoms with E-state index in [4.69, 9.17) is 0 Å². The molecule has 0 saturated carbocycles. The van der Waals surface area contributed by atoms with Crippen molar-refractivity contribution in [2.24, 2.45) is 0 Å². The van der Waals surface area contributed by atoms with Crippen LogP contribution in [0.5, 0.6) is 0 Å². The zero-order chi connectivity index (χ0) is 15.4. The molecule has 0 aliphatic heterocycles. The predicted octanol–water partition coefficient (Wildman–Crippen LogP) is 2.21. The van der Waals surface area contributed by atoms with E-state index in [0.29, 0.717) is 11.4 Å². The van der Waals surface area contributed by atoms with Crippen molar-refractivity contribution in [1.29, 1.82) is 0 Å². The summed E-state index contributed by atoms with van der Waals surface area (Å²) in [6.45, 7) is 2.30. The van der Waals surface area contributed by atoms with Crippen LogP contribution in [0.15, 0.2) is 48.2 Å². The van der Waals surface area contributed by atoms with Gasteiger partial charge in [-0.3, -0.25) is 4.79 Å². The van der Waals surface area contributed by atoms with Crippen molar-refractivity contribution in [3.8, 4) is 0 Å². The van der Waals surface area contributed by atoms with Gasteiger partial charge in [0, 0.05) is 0 Å². The first kappa shape index (κ1) is 14.4. The molecule has 1 N–H and O–H groups in total. The summed E-state index contributed by atoms with van der Waals surface area (Å²) in [5, 5.41) is 11.3. The number of nitrogens with one attached hydrogen (secondary N) is 1. The third kappa shape index (κ3) is 3.20. The van der Waals surface area contributed by atoms with Crippen molar-refractivity contribution >= 4 is 17.2 Å². The van der Waals surface area contributed by atoms with E-state index in [1.165, 1.54) is 11.3 Å². The van der Waals surface area contributed by atoms with Gasteiger partial charge in [-0.15, -0.1) is 11.3 Å². The van der Waals surface area contributed by atoms with Crippen LogP contribution in [0.1, 0.15) is 27.0 Å². The van der Waals surface area contributed by atoms with Crippen molar-refractivity contribution in [2.75, 3.05) is 0 Å². The smallest absolute Gasteiger partial charge is 0.263 e. The monoisotopic (exact) mass is 313 g/mol. The molecule has 22 heavy (non-hydrogen) atoms. The highest BCUT2D eigenvalue weighted by molar-refractivity contribution is 7.11. The number of nitrogens with zero attached hydrogens (tertiary/aromatic N) is 4. The third-order valence-electron chi connectivity index (χ3n) is 3.27. The van der Waals surface area contributed by atoms with Gasteiger partial charge in [0.1, 0.15) is 4.88 Å². The lowest BCUT2D eigenvalue weighted by molar-refractivity contribution is 0.0934. The highest BCUT2D eigenvalue weighted by Crippen LogP contribution is 2.18. The minimum Gasteiger partial charge on any atom is -0.343 e. The number of hydrogen-bond donors (Lipinski definition) is 1. The maximum absolute atomic E-state index is 12.4. The van der Waals surface area contributed by atoms with Crippen LogP contribution in [0.2, 0.25) is 0 Å². The Morgan fingerprint density at radius 2 is 2.00 bits per heavy atom. The van der Waals surface area contributed by atoms with E-state index in [-0.39, 0.29) is 11.9 Å². The van der Waals surface area contributed by atoms with Crippen molar-refractivity contribution in [1.82, 2.24) is 25.3 Å². The summed E-state index contributed by atoms with van der Waals surface area (Å²) < 4.78 is 0. The molecular weight excluding hydrogens is 298 g/mol. The number of carbonyl (C=O) groups is 1. The molecular formula is C15H15N5OS. The SMILES string of the molecule is Cc1ncsc1C(=O)NC(Cn1nccn1)c1ccccc1. The largest absolute Gasteiger partial charge is 0.343 e. The van der Waals surface area contributed by atoms with Gasteiger partial charge in [0.2, 0.25) is 0 Å². The van der Waals surface area contributed by atoms with Gasteiger partial charge in [0.05, 0.1) is 36.2 Å². The third-order valence-corrected chi connectivity index (χ3v) is 4.20. The standard InChI is InChI=1S/C15H15N5OS/c1-11-14(22-10-16-11)15(21)19-13(9-20-17-7-8-18-20)12-5-3-2-4-6-12/h2-8,10,13H,9H2,1H3,(H,19,21). The molecule has 0 fully saturated rings. The van der Waals surface area contributed by atoms with Gasteiger partial charge in [-0.25, -0.2) is 4.98 Å². The molecule has 1 atom stereocenters. The van der Waals surface area contributed by atoms with Gasteiger partial charge in [0.25, 0.3) is 5.91 Å². The van der Waals surface area contributed by atoms with Crippen molar-refractivity contribution in [2.45, 2.75) is 19.5 Å². The molecule has 1 aromatic carbocycles. The molecule has 2 aromatic heterocycles. The van der Waals surface area contributed by atoms with Crippen molar-refractivity contribution in [3.63, 3.8) is 0 Å². The molecule has 1 unspecified atom stereocenters. The van der Waals surface area contributed by atoms with Gasteiger partial charge < -0.3 is 5.32 Å². The summed E-state index contributed by atoms with van der Waals surface area (Å²) in [6, 6.07) is 9.60. The van der Waals surface area contributed by atoms with Crippen LogP contribution in [0.3, 0.4) is 0 Å². The molecule has 3 rings (SSSR count). The van der Waals surface area contributed by atoms with Crippen LogP contribution in [0.4, 0.5) is 0 Å². The number of hydrogen-bond acceptors (Lipinski definition) is 5. The number of thiazole rings is 1. The second kappa shape index (κ2) is 6.48. The average molecular weight is 313 g/mol. The van der Waals surface area contributed by atoms with E-state index in [9.17, 15) is 4.79 Å². The summed E-state index contributed by atoms with van der Waals surface area (Å²) in [5.41, 5.74) is 3.43. The van der Waals surface area contributed by atoms with Crippen LogP contribution in [-0.4, -0.2) is 25.9 Å². The van der Waals surface area contributed by atoms with Crippen LogP contribution in [0.25, 0.3) is 0 Å². The van der Waals surface area contributed by atoms with Crippen LogP contribution in [-0.2, 0) is 6.54 Å². The minimum atomic E-state index is -0.206. The molecule has 6 nitrogen and oxygen atoms in total. The molecule has 0 aliphatic rings. The Kier molecular flexibility index (Phi) is 4.24. The Hall–Kier alpha value is -2.54. The maximum Gasteiger partial charge on any atom is 0.263 e. The molecule has 0 radical (unpaired) electrons. The Morgan fingerprint density at radius 3 is 2.64 bits per heavy atom. The van der Waals surface area contributed by atoms with Crippen molar-refractivity contribution in [3.05, 3.63) is 64.4 Å². The van der Waals surface area contributed by atoms with E-state index in [2.05, 4.69) is 20.5 Å². The fraction of sp³-hybridized carbons (Fsp3) is 0.200. The molecule has 112 valence electrons. The minimum absolute atomic E-state index is 0.124. The molecule has 0 spiro atoms. The topological polar surface area (TPSA) is 72.7 Å². The molecule has 0 aliphatic carbocycles. The maximum atomic E-state index is 12.4. The highest BCUT2D eigenvalue weighted by Gasteiger charge is 2.19. The van der Waals surface area contributed by atoms with E-state index >= 15 is 0 Å². The summed E-state index contributed by atoms with van der Waals surface area (Å²) in [5.74, 6) is -0.124. The predicted molar refractivity (Wildman–Crippen MR) is 83.5 cm³/mol. The Balaban J connectivity index is 1.82. The number of benzene rings is 1. The number of aryl methyl sites for hydroxylation is 1. The quantitative estimate of drug-likeness (QED) is 0.784. The van der Waals surface area contributed by atoms with Gasteiger partial charge in [0.15, 0.2) is 0 Å². The van der Waals surface area contributed by atoms with E-state index in [1.807, 2.05) is 37.3 Å². The molecule has 0 bridgehead atoms. The van der Waals surface area contributed by atoms with Crippen LogP contribution >= 0.6 is 11.3 Å². The van der Waals surface area contributed by atoms with Crippen molar-refractivity contribution < 1.29 is 4.79 Å². The van der Waals surface area contributed by atoms with E-state index < -0.39 is 0 Å². The first-order valence-electron chi connectivity index (χ1n) is 6.84. The van der Waals surface area contributed by atoms with Gasteiger partial charge in [-0.05, 0) is 12.5 Å². The molecule has 0 saturated heterocycles. The number of aromatic nitrogens is 4. The number of rotatable bonds is 5. The average Bonchev–Trinajstić information content (AvgIpc) is 3.19. The van der Waals surface area contributed by atoms with Crippen LogP contribution in [0, 0.1) is 6.92 Å². The molecule has 1 amide bonds. The zero-order valence-electron chi connectivity index (χ0n) is 12.0. The lowest BCUT2D eigenvalue weighted by Crippen LogP contribution is -2.32. The zero-order valence-corrected chi connectivity index (χ0v) is 12.8. The van der Waals surface area contributed by atoms with Gasteiger partial charge in [-0.2, -0.15) is 15.0 Å². The van der Waals surface area contributed by atoms with E-state index in [1.54, 1.807) is 22.7 Å². The summed E-state index contributed by atoms with van der Waals surface area (Å²) >= 11 is 1.34. The lowest BCUT2D eigenvalue weighted by atomic mass is 10.1. The Morgan fingerprint density at radius 1 is 1.27 bits per heavy atom. The second-order valence-corrected chi connectivity index (χ2v) is 5.64. The molecule has 2 heterocycles. The summed E-state index contributed by atoms with van der Waals surface area (Å²) in [7, 11) is 0. The van der Waals surface area contributed by atoms with Crippen LogP contribution < -0.4 is 5.32 Å². The molecule has 7 heteroatoms. The number of amides is 1. The second-order valence-electron chi connectivity index (χ2n) is 4.79. The summed E-state index contributed by atoms with van der Waals surface area (Å²) in [6.07, 6.45) is 3.24. The first-order valence-corrected chi connectivity index (χ1v) is 7.72.